The van der Waals surface area contributed by atoms with Gasteiger partial charge >= 0.3 is 0 Å². The van der Waals surface area contributed by atoms with Crippen LogP contribution in [0.3, 0.4) is 0 Å². The van der Waals surface area contributed by atoms with Crippen LogP contribution in [-0.2, 0) is 9.59 Å². The topological polar surface area (TPSA) is 97.0 Å². The number of ether oxygens (including phenoxy) is 2. The van der Waals surface area contributed by atoms with Crippen molar-refractivity contribution >= 4 is 23.4 Å². The lowest BCUT2D eigenvalue weighted by Gasteiger charge is -2.41. The van der Waals surface area contributed by atoms with Crippen molar-refractivity contribution < 1.29 is 23.9 Å². The molecule has 1 aliphatic carbocycles. The molecule has 0 saturated carbocycles. The number of nitrogens with one attached hydrogen (secondary N) is 2. The van der Waals surface area contributed by atoms with Crippen molar-refractivity contribution in [2.75, 3.05) is 32.6 Å². The molecule has 1 heterocycles. The molecule has 0 aromatic heterocycles. The van der Waals surface area contributed by atoms with Crippen LogP contribution < -0.4 is 20.1 Å². The molecule has 3 rings (SSSR count). The van der Waals surface area contributed by atoms with Gasteiger partial charge < -0.3 is 25.0 Å². The first-order valence-corrected chi connectivity index (χ1v) is 10.1. The maximum absolute atomic E-state index is 13.3. The molecule has 1 unspecified atom stereocenters. The first kappa shape index (κ1) is 21.7. The van der Waals surface area contributed by atoms with E-state index in [0.29, 0.717) is 42.3 Å². The monoisotopic (exact) mass is 415 g/mol. The number of carbonyl (C=O) groups is 3. The van der Waals surface area contributed by atoms with E-state index in [-0.39, 0.29) is 23.6 Å². The van der Waals surface area contributed by atoms with Crippen LogP contribution in [0.4, 0.5) is 5.69 Å². The number of carbonyl (C=O) groups excluding carboxylic acids is 3. The molecule has 2 N–H and O–H groups in total. The quantitative estimate of drug-likeness (QED) is 0.720. The van der Waals surface area contributed by atoms with E-state index in [1.807, 2.05) is 6.08 Å². The van der Waals surface area contributed by atoms with Crippen LogP contribution in [0.15, 0.2) is 24.3 Å². The van der Waals surface area contributed by atoms with E-state index < -0.39 is 5.54 Å². The van der Waals surface area contributed by atoms with Gasteiger partial charge in [-0.25, -0.2) is 0 Å². The Labute approximate surface area is 176 Å². The lowest BCUT2D eigenvalue weighted by atomic mass is 9.93. The third kappa shape index (κ3) is 4.13. The van der Waals surface area contributed by atoms with Crippen LogP contribution in [0.25, 0.3) is 0 Å². The van der Waals surface area contributed by atoms with Crippen molar-refractivity contribution in [2.45, 2.75) is 38.6 Å². The fraction of sp³-hybridized carbons (Fsp3) is 0.500. The molecule has 1 saturated heterocycles. The molecular weight excluding hydrogens is 386 g/mol. The van der Waals surface area contributed by atoms with E-state index in [4.69, 9.17) is 9.47 Å². The highest BCUT2D eigenvalue weighted by Gasteiger charge is 2.41. The Bertz CT molecular complexity index is 878. The third-order valence-corrected chi connectivity index (χ3v) is 5.72. The maximum atomic E-state index is 13.3. The number of hydrogen-bond acceptors (Lipinski definition) is 5. The standard InChI is InChI=1S/C22H29N3O5/c1-22(2)21(28)23-10-11-25(22)20(27)15-12-16(18(30-4)17(13-15)29-3)24-19(26)14-8-6-5-7-9-14/h5-6,12-14H,7-11H2,1-4H3,(H,23,28)(H,24,26). The molecule has 0 radical (unpaired) electrons. The largest absolute Gasteiger partial charge is 0.493 e. The molecule has 2 aliphatic rings. The minimum absolute atomic E-state index is 0.123. The van der Waals surface area contributed by atoms with Gasteiger partial charge in [-0.05, 0) is 45.2 Å². The highest BCUT2D eigenvalue weighted by atomic mass is 16.5. The Balaban J connectivity index is 1.94. The zero-order chi connectivity index (χ0) is 21.9. The Hall–Kier alpha value is -3.03. The summed E-state index contributed by atoms with van der Waals surface area (Å²) >= 11 is 0. The summed E-state index contributed by atoms with van der Waals surface area (Å²) < 4.78 is 10.9. The molecule has 0 bridgehead atoms. The van der Waals surface area contributed by atoms with Gasteiger partial charge in [-0.15, -0.1) is 0 Å². The predicted molar refractivity (Wildman–Crippen MR) is 113 cm³/mol. The van der Waals surface area contributed by atoms with Crippen LogP contribution in [-0.4, -0.2) is 55.5 Å². The molecular formula is C22H29N3O5. The minimum Gasteiger partial charge on any atom is -0.493 e. The van der Waals surface area contributed by atoms with Gasteiger partial charge in [-0.3, -0.25) is 14.4 Å². The van der Waals surface area contributed by atoms with Gasteiger partial charge in [-0.2, -0.15) is 0 Å². The molecule has 8 heteroatoms. The number of nitrogens with zero attached hydrogens (tertiary/aromatic N) is 1. The molecule has 1 atom stereocenters. The van der Waals surface area contributed by atoms with Crippen LogP contribution in [0.2, 0.25) is 0 Å². The summed E-state index contributed by atoms with van der Waals surface area (Å²) in [5.74, 6) is -0.0871. The molecule has 1 aliphatic heterocycles. The van der Waals surface area contributed by atoms with E-state index in [9.17, 15) is 14.4 Å². The van der Waals surface area contributed by atoms with Crippen molar-refractivity contribution in [2.24, 2.45) is 5.92 Å². The van der Waals surface area contributed by atoms with E-state index >= 15 is 0 Å². The van der Waals surface area contributed by atoms with Crippen molar-refractivity contribution in [3.05, 3.63) is 29.8 Å². The number of anilines is 1. The van der Waals surface area contributed by atoms with Crippen LogP contribution in [0.5, 0.6) is 11.5 Å². The molecule has 3 amide bonds. The lowest BCUT2D eigenvalue weighted by Crippen LogP contribution is -2.63. The molecule has 1 fully saturated rings. The number of piperazine rings is 1. The van der Waals surface area contributed by atoms with Crippen molar-refractivity contribution in [1.82, 2.24) is 10.2 Å². The Morgan fingerprint density at radius 1 is 1.20 bits per heavy atom. The summed E-state index contributed by atoms with van der Waals surface area (Å²) in [6.45, 7) is 4.20. The zero-order valence-corrected chi connectivity index (χ0v) is 17.9. The normalized spacial score (nSPS) is 20.3. The van der Waals surface area contributed by atoms with Crippen LogP contribution >= 0.6 is 0 Å². The second-order valence-electron chi connectivity index (χ2n) is 8.00. The van der Waals surface area contributed by atoms with Crippen molar-refractivity contribution in [3.63, 3.8) is 0 Å². The number of rotatable bonds is 5. The van der Waals surface area contributed by atoms with Crippen LogP contribution in [0.1, 0.15) is 43.5 Å². The highest BCUT2D eigenvalue weighted by Crippen LogP contribution is 2.38. The average molecular weight is 415 g/mol. The third-order valence-electron chi connectivity index (χ3n) is 5.72. The zero-order valence-electron chi connectivity index (χ0n) is 17.9. The second kappa shape index (κ2) is 8.77. The van der Waals surface area contributed by atoms with Gasteiger partial charge in [0.05, 0.1) is 19.9 Å². The number of allylic oxidation sites excluding steroid dienone is 2. The smallest absolute Gasteiger partial charge is 0.255 e. The average Bonchev–Trinajstić information content (AvgIpc) is 2.75. The molecule has 8 nitrogen and oxygen atoms in total. The molecule has 1 aromatic carbocycles. The Kier molecular flexibility index (Phi) is 6.34. The number of methoxy groups -OCH3 is 2. The van der Waals surface area contributed by atoms with Gasteiger partial charge in [0.1, 0.15) is 5.54 Å². The van der Waals surface area contributed by atoms with Gasteiger partial charge in [0, 0.05) is 24.6 Å². The number of hydrogen-bond donors (Lipinski definition) is 2. The van der Waals surface area contributed by atoms with Gasteiger partial charge in [0.15, 0.2) is 11.5 Å². The summed E-state index contributed by atoms with van der Waals surface area (Å²) in [6.07, 6.45) is 6.40. The first-order chi connectivity index (χ1) is 14.3. The van der Waals surface area contributed by atoms with Crippen molar-refractivity contribution in [3.8, 4) is 11.5 Å². The summed E-state index contributed by atoms with van der Waals surface area (Å²) in [4.78, 5) is 39.9. The van der Waals surface area contributed by atoms with Gasteiger partial charge in [0.25, 0.3) is 5.91 Å². The lowest BCUT2D eigenvalue weighted by molar-refractivity contribution is -0.133. The number of amides is 3. The van der Waals surface area contributed by atoms with Crippen molar-refractivity contribution in [1.29, 1.82) is 0 Å². The molecule has 1 aromatic rings. The SMILES string of the molecule is COc1cc(C(=O)N2CCNC(=O)C2(C)C)cc(NC(=O)C2CC=CCC2)c1OC. The Morgan fingerprint density at radius 2 is 1.97 bits per heavy atom. The van der Waals surface area contributed by atoms with Crippen LogP contribution in [0, 0.1) is 5.92 Å². The van der Waals surface area contributed by atoms with E-state index in [0.717, 1.165) is 12.8 Å². The summed E-state index contributed by atoms with van der Waals surface area (Å²) in [7, 11) is 2.96. The van der Waals surface area contributed by atoms with Gasteiger partial charge in [0.2, 0.25) is 11.8 Å². The minimum atomic E-state index is -0.986. The van der Waals surface area contributed by atoms with E-state index in [1.165, 1.54) is 19.1 Å². The molecule has 162 valence electrons. The summed E-state index contributed by atoms with van der Waals surface area (Å²) in [6, 6.07) is 3.16. The fourth-order valence-corrected chi connectivity index (χ4v) is 3.86. The molecule has 0 spiro atoms. The Morgan fingerprint density at radius 3 is 2.60 bits per heavy atom. The summed E-state index contributed by atoms with van der Waals surface area (Å²) in [5, 5.41) is 5.69. The highest BCUT2D eigenvalue weighted by molar-refractivity contribution is 6.02. The van der Waals surface area contributed by atoms with Gasteiger partial charge in [-0.1, -0.05) is 12.2 Å². The molecule has 30 heavy (non-hydrogen) atoms. The summed E-state index contributed by atoms with van der Waals surface area (Å²) in [5.41, 5.74) is -0.298. The predicted octanol–water partition coefficient (Wildman–Crippen LogP) is 2.35. The second-order valence-corrected chi connectivity index (χ2v) is 8.00. The first-order valence-electron chi connectivity index (χ1n) is 10.1. The number of benzene rings is 1. The van der Waals surface area contributed by atoms with E-state index in [2.05, 4.69) is 16.7 Å². The maximum Gasteiger partial charge on any atom is 0.255 e. The fourth-order valence-electron chi connectivity index (χ4n) is 3.86. The van der Waals surface area contributed by atoms with E-state index in [1.54, 1.807) is 26.0 Å².